The van der Waals surface area contributed by atoms with E-state index in [0.29, 0.717) is 34.7 Å². The van der Waals surface area contributed by atoms with E-state index in [2.05, 4.69) is 27.7 Å². The average Bonchev–Trinajstić information content (AvgIpc) is 3.16. The molecule has 5 unspecified atom stereocenters. The summed E-state index contributed by atoms with van der Waals surface area (Å²) in [5.41, 5.74) is 0.899. The summed E-state index contributed by atoms with van der Waals surface area (Å²) in [6.45, 7) is 10.9. The van der Waals surface area contributed by atoms with E-state index < -0.39 is 0 Å². The van der Waals surface area contributed by atoms with Crippen LogP contribution in [0.3, 0.4) is 0 Å². The summed E-state index contributed by atoms with van der Waals surface area (Å²) in [6, 6.07) is 0. The highest BCUT2D eigenvalue weighted by Gasteiger charge is 2.69. The van der Waals surface area contributed by atoms with Crippen LogP contribution in [0, 0.1) is 52.3 Å². The van der Waals surface area contributed by atoms with Crippen LogP contribution >= 0.6 is 0 Å². The standard InChI is InChI=1S/C27H44O3/c1-16-7-12-27(29-15-16)17(2)24-23(30-27)14-22-20-6-5-18-13-19(28)8-10-25(18,3)21(20)9-11-26(22,24)4/h16-24,28H,5-15H2,1-4H3/t16-,17?,18+,19+,20?,21?,22+,23?,24?,25+,26+,27-/m1/s1. The predicted molar refractivity (Wildman–Crippen MR) is 118 cm³/mol. The van der Waals surface area contributed by atoms with E-state index in [1.54, 1.807) is 0 Å². The molecule has 3 nitrogen and oxygen atoms in total. The average molecular weight is 417 g/mol. The minimum Gasteiger partial charge on any atom is -0.393 e. The van der Waals surface area contributed by atoms with Crippen LogP contribution in [0.5, 0.6) is 0 Å². The first kappa shape index (κ1) is 20.5. The van der Waals surface area contributed by atoms with Crippen LogP contribution in [0.1, 0.15) is 91.9 Å². The topological polar surface area (TPSA) is 38.7 Å². The van der Waals surface area contributed by atoms with Gasteiger partial charge in [-0.25, -0.2) is 0 Å². The van der Waals surface area contributed by atoms with Crippen molar-refractivity contribution in [3.8, 4) is 0 Å². The van der Waals surface area contributed by atoms with Gasteiger partial charge in [0.2, 0.25) is 0 Å². The number of rotatable bonds is 0. The van der Waals surface area contributed by atoms with Crippen molar-refractivity contribution in [1.29, 1.82) is 0 Å². The highest BCUT2D eigenvalue weighted by Crippen LogP contribution is 2.71. The van der Waals surface area contributed by atoms with Gasteiger partial charge in [-0.2, -0.15) is 0 Å². The van der Waals surface area contributed by atoms with Gasteiger partial charge in [0.15, 0.2) is 5.79 Å². The molecule has 2 aliphatic heterocycles. The molecule has 30 heavy (non-hydrogen) atoms. The number of fused-ring (bicyclic) bond motifs is 7. The summed E-state index contributed by atoms with van der Waals surface area (Å²) in [7, 11) is 0. The smallest absolute Gasteiger partial charge is 0.171 e. The van der Waals surface area contributed by atoms with Gasteiger partial charge in [0.25, 0.3) is 0 Å². The summed E-state index contributed by atoms with van der Waals surface area (Å²) in [5, 5.41) is 10.3. The highest BCUT2D eigenvalue weighted by atomic mass is 16.7. The van der Waals surface area contributed by atoms with Crippen molar-refractivity contribution >= 4 is 0 Å². The number of ether oxygens (including phenoxy) is 2. The quantitative estimate of drug-likeness (QED) is 0.543. The second-order valence-corrected chi connectivity index (χ2v) is 13.1. The zero-order valence-corrected chi connectivity index (χ0v) is 19.7. The summed E-state index contributed by atoms with van der Waals surface area (Å²) < 4.78 is 13.4. The molecular weight excluding hydrogens is 372 g/mol. The minimum absolute atomic E-state index is 0.0389. The molecule has 1 spiro atoms. The zero-order chi connectivity index (χ0) is 20.9. The molecule has 6 aliphatic rings. The number of aliphatic hydroxyl groups excluding tert-OH is 1. The van der Waals surface area contributed by atoms with E-state index in [9.17, 15) is 5.11 Å². The van der Waals surface area contributed by atoms with Gasteiger partial charge < -0.3 is 14.6 Å². The van der Waals surface area contributed by atoms with Gasteiger partial charge in [-0.15, -0.1) is 0 Å². The van der Waals surface area contributed by atoms with Gasteiger partial charge in [0.05, 0.1) is 18.8 Å². The van der Waals surface area contributed by atoms with Gasteiger partial charge in [0.1, 0.15) is 0 Å². The van der Waals surface area contributed by atoms with Crippen LogP contribution in [0.25, 0.3) is 0 Å². The van der Waals surface area contributed by atoms with E-state index >= 15 is 0 Å². The van der Waals surface area contributed by atoms with E-state index in [0.717, 1.165) is 49.5 Å². The van der Waals surface area contributed by atoms with Crippen LogP contribution in [-0.4, -0.2) is 29.7 Å². The molecule has 2 saturated heterocycles. The summed E-state index contributed by atoms with van der Waals surface area (Å²) in [6.07, 6.45) is 12.9. The Morgan fingerprint density at radius 3 is 2.40 bits per heavy atom. The molecule has 4 saturated carbocycles. The fourth-order valence-corrected chi connectivity index (χ4v) is 10.3. The lowest BCUT2D eigenvalue weighted by molar-refractivity contribution is -0.273. The van der Waals surface area contributed by atoms with E-state index in [4.69, 9.17) is 9.47 Å². The van der Waals surface area contributed by atoms with Gasteiger partial charge in [0, 0.05) is 12.3 Å². The molecule has 6 rings (SSSR count). The van der Waals surface area contributed by atoms with Crippen LogP contribution in [0.4, 0.5) is 0 Å². The Kier molecular flexibility index (Phi) is 4.58. The molecule has 170 valence electrons. The van der Waals surface area contributed by atoms with Crippen LogP contribution in [0.2, 0.25) is 0 Å². The monoisotopic (exact) mass is 416 g/mol. The highest BCUT2D eigenvalue weighted by molar-refractivity contribution is 5.15. The summed E-state index contributed by atoms with van der Waals surface area (Å²) in [4.78, 5) is 0. The molecule has 0 amide bonds. The first-order chi connectivity index (χ1) is 14.3. The molecule has 0 aromatic heterocycles. The van der Waals surface area contributed by atoms with Crippen molar-refractivity contribution in [2.24, 2.45) is 52.3 Å². The van der Waals surface area contributed by atoms with Crippen LogP contribution < -0.4 is 0 Å². The van der Waals surface area contributed by atoms with Crippen molar-refractivity contribution in [3.63, 3.8) is 0 Å². The molecule has 0 bridgehead atoms. The lowest BCUT2D eigenvalue weighted by Crippen LogP contribution is -2.55. The SMILES string of the molecule is CC1C2C(C[C@H]3C4CC[C@H]5C[C@@H](O)CC[C@]5(C)C4CC[C@]23C)O[C@]12CC[C@@H](C)CO2. The minimum atomic E-state index is -0.282. The second-order valence-electron chi connectivity index (χ2n) is 13.1. The maximum atomic E-state index is 10.3. The lowest BCUT2D eigenvalue weighted by atomic mass is 9.44. The van der Waals surface area contributed by atoms with Crippen molar-refractivity contribution < 1.29 is 14.6 Å². The molecule has 0 radical (unpaired) electrons. The van der Waals surface area contributed by atoms with Crippen molar-refractivity contribution in [2.45, 2.75) is 110 Å². The van der Waals surface area contributed by atoms with Crippen LogP contribution in [0.15, 0.2) is 0 Å². The molecular formula is C27H44O3. The van der Waals surface area contributed by atoms with Crippen molar-refractivity contribution in [2.75, 3.05) is 6.61 Å². The summed E-state index contributed by atoms with van der Waals surface area (Å²) in [5.74, 6) is 4.93. The molecule has 6 fully saturated rings. The third-order valence-corrected chi connectivity index (χ3v) is 11.9. The maximum absolute atomic E-state index is 10.3. The third kappa shape index (κ3) is 2.61. The second kappa shape index (κ2) is 6.70. The lowest BCUT2D eigenvalue weighted by Gasteiger charge is -2.61. The van der Waals surface area contributed by atoms with Gasteiger partial charge in [-0.3, -0.25) is 0 Å². The Morgan fingerprint density at radius 1 is 0.833 bits per heavy atom. The fraction of sp³-hybridized carbons (Fsp3) is 1.00. The predicted octanol–water partition coefficient (Wildman–Crippen LogP) is 5.79. The third-order valence-electron chi connectivity index (χ3n) is 11.9. The maximum Gasteiger partial charge on any atom is 0.171 e. The van der Waals surface area contributed by atoms with Crippen molar-refractivity contribution in [1.82, 2.24) is 0 Å². The van der Waals surface area contributed by atoms with Gasteiger partial charge in [-0.05, 0) is 104 Å². The Morgan fingerprint density at radius 2 is 1.63 bits per heavy atom. The Hall–Kier alpha value is -0.120. The normalized spacial score (nSPS) is 62.5. The largest absolute Gasteiger partial charge is 0.393 e. The van der Waals surface area contributed by atoms with Gasteiger partial charge >= 0.3 is 0 Å². The molecule has 2 heterocycles. The molecule has 1 N–H and O–H groups in total. The number of aliphatic hydroxyl groups is 1. The zero-order valence-electron chi connectivity index (χ0n) is 19.7. The van der Waals surface area contributed by atoms with Crippen molar-refractivity contribution in [3.05, 3.63) is 0 Å². The van der Waals surface area contributed by atoms with Gasteiger partial charge in [-0.1, -0.05) is 27.7 Å². The Balaban J connectivity index is 1.26. The molecule has 12 atom stereocenters. The fourth-order valence-electron chi connectivity index (χ4n) is 10.3. The molecule has 4 aliphatic carbocycles. The molecule has 3 heteroatoms. The molecule has 0 aromatic rings. The molecule has 0 aromatic carbocycles. The Bertz CT molecular complexity index is 684. The van der Waals surface area contributed by atoms with E-state index in [-0.39, 0.29) is 11.9 Å². The number of hydrogen-bond donors (Lipinski definition) is 1. The number of hydrogen-bond acceptors (Lipinski definition) is 3. The first-order valence-corrected chi connectivity index (χ1v) is 13.3. The first-order valence-electron chi connectivity index (χ1n) is 13.3. The van der Waals surface area contributed by atoms with E-state index in [1.165, 1.54) is 44.9 Å². The van der Waals surface area contributed by atoms with Crippen LogP contribution in [-0.2, 0) is 9.47 Å². The summed E-state index contributed by atoms with van der Waals surface area (Å²) >= 11 is 0. The van der Waals surface area contributed by atoms with E-state index in [1.807, 2.05) is 0 Å². The Labute approximate surface area is 183 Å².